The summed E-state index contributed by atoms with van der Waals surface area (Å²) in [7, 11) is 0. The summed E-state index contributed by atoms with van der Waals surface area (Å²) in [6.07, 6.45) is 3.15. The summed E-state index contributed by atoms with van der Waals surface area (Å²) >= 11 is 0. The number of hydrogen-bond acceptors (Lipinski definition) is 3. The van der Waals surface area contributed by atoms with Crippen molar-refractivity contribution in [3.8, 4) is 0 Å². The van der Waals surface area contributed by atoms with Crippen LogP contribution in [0.5, 0.6) is 0 Å². The Hall–Kier alpha value is -1.55. The Morgan fingerprint density at radius 3 is 2.50 bits per heavy atom. The largest absolute Gasteiger partial charge is 0.382 e. The number of nitrogens with one attached hydrogen (secondary N) is 2. The number of anilines is 1. The van der Waals surface area contributed by atoms with E-state index in [9.17, 15) is 4.79 Å². The fourth-order valence-electron chi connectivity index (χ4n) is 2.88. The number of carbonyl (C=O) groups is 1. The summed E-state index contributed by atoms with van der Waals surface area (Å²) in [6, 6.07) is 9.04. The van der Waals surface area contributed by atoms with Crippen LogP contribution in [0.2, 0.25) is 0 Å². The Bertz CT molecular complexity index is 464. The van der Waals surface area contributed by atoms with Crippen LogP contribution in [-0.4, -0.2) is 42.5 Å². The molecule has 1 aliphatic heterocycles. The number of nitrogens with zero attached hydrogens (tertiary/aromatic N) is 1. The zero-order valence-electron chi connectivity index (χ0n) is 14.1. The van der Waals surface area contributed by atoms with Crippen molar-refractivity contribution in [1.29, 1.82) is 0 Å². The monoisotopic (exact) mass is 303 g/mol. The van der Waals surface area contributed by atoms with Crippen molar-refractivity contribution in [2.75, 3.05) is 25.0 Å². The highest BCUT2D eigenvalue weighted by atomic mass is 16.2. The number of carbonyl (C=O) groups excluding carboxylic acids is 1. The van der Waals surface area contributed by atoms with E-state index in [1.165, 1.54) is 11.3 Å². The minimum atomic E-state index is -0.0214. The molecule has 4 heteroatoms. The molecule has 0 saturated carbocycles. The van der Waals surface area contributed by atoms with Gasteiger partial charge in [0.15, 0.2) is 0 Å². The van der Waals surface area contributed by atoms with Crippen LogP contribution in [0.3, 0.4) is 0 Å². The third-order valence-electron chi connectivity index (χ3n) is 4.43. The number of rotatable bonds is 6. The van der Waals surface area contributed by atoms with Crippen molar-refractivity contribution >= 4 is 11.6 Å². The van der Waals surface area contributed by atoms with Gasteiger partial charge < -0.3 is 10.6 Å². The van der Waals surface area contributed by atoms with Crippen molar-refractivity contribution in [2.24, 2.45) is 0 Å². The molecule has 22 heavy (non-hydrogen) atoms. The molecule has 1 aliphatic rings. The lowest BCUT2D eigenvalue weighted by molar-refractivity contribution is -0.126. The average molecular weight is 303 g/mol. The predicted octanol–water partition coefficient (Wildman–Crippen LogP) is 2.79. The summed E-state index contributed by atoms with van der Waals surface area (Å²) < 4.78 is 0. The van der Waals surface area contributed by atoms with Gasteiger partial charge in [-0.05, 0) is 45.2 Å². The van der Waals surface area contributed by atoms with E-state index in [1.807, 2.05) is 6.92 Å². The first-order valence-electron chi connectivity index (χ1n) is 8.45. The lowest BCUT2D eigenvalue weighted by atomic mass is 10.0. The van der Waals surface area contributed by atoms with Gasteiger partial charge in [-0.2, -0.15) is 0 Å². The van der Waals surface area contributed by atoms with Gasteiger partial charge in [-0.15, -0.1) is 0 Å². The molecule has 2 rings (SSSR count). The molecular weight excluding hydrogens is 274 g/mol. The van der Waals surface area contributed by atoms with Gasteiger partial charge in [-0.25, -0.2) is 0 Å². The molecule has 0 bridgehead atoms. The fourth-order valence-corrected chi connectivity index (χ4v) is 2.88. The van der Waals surface area contributed by atoms with E-state index in [-0.39, 0.29) is 11.9 Å². The van der Waals surface area contributed by atoms with Crippen molar-refractivity contribution in [3.63, 3.8) is 0 Å². The topological polar surface area (TPSA) is 44.4 Å². The summed E-state index contributed by atoms with van der Waals surface area (Å²) in [5, 5.41) is 6.59. The molecule has 0 radical (unpaired) electrons. The first-order valence-corrected chi connectivity index (χ1v) is 8.45. The third kappa shape index (κ3) is 4.73. The van der Waals surface area contributed by atoms with Crippen LogP contribution in [-0.2, 0) is 4.79 Å². The SMILES string of the molecule is CCCNC(=O)[C@H](C)N1CCC(Nc2ccc(C)cc2)CC1. The minimum Gasteiger partial charge on any atom is -0.382 e. The van der Waals surface area contributed by atoms with E-state index in [0.717, 1.165) is 38.9 Å². The van der Waals surface area contributed by atoms with E-state index >= 15 is 0 Å². The Kier molecular flexibility index (Phi) is 6.25. The molecule has 1 aromatic carbocycles. The van der Waals surface area contributed by atoms with E-state index < -0.39 is 0 Å². The van der Waals surface area contributed by atoms with Crippen LogP contribution in [0.1, 0.15) is 38.7 Å². The highest BCUT2D eigenvalue weighted by Crippen LogP contribution is 2.18. The number of hydrogen-bond donors (Lipinski definition) is 2. The molecule has 122 valence electrons. The van der Waals surface area contributed by atoms with Crippen LogP contribution in [0, 0.1) is 6.92 Å². The average Bonchev–Trinajstić information content (AvgIpc) is 2.55. The van der Waals surface area contributed by atoms with Crippen LogP contribution < -0.4 is 10.6 Å². The molecule has 0 aliphatic carbocycles. The van der Waals surface area contributed by atoms with Crippen LogP contribution in [0.25, 0.3) is 0 Å². The first-order chi connectivity index (χ1) is 10.6. The Morgan fingerprint density at radius 2 is 1.91 bits per heavy atom. The van der Waals surface area contributed by atoms with E-state index in [1.54, 1.807) is 0 Å². The smallest absolute Gasteiger partial charge is 0.237 e. The minimum absolute atomic E-state index is 0.0214. The van der Waals surface area contributed by atoms with Gasteiger partial charge in [0, 0.05) is 31.4 Å². The summed E-state index contributed by atoms with van der Waals surface area (Å²) in [5.41, 5.74) is 2.48. The second kappa shape index (κ2) is 8.18. The Labute approximate surface area is 134 Å². The maximum atomic E-state index is 12.0. The molecule has 1 amide bonds. The van der Waals surface area contributed by atoms with Gasteiger partial charge >= 0.3 is 0 Å². The van der Waals surface area contributed by atoms with Gasteiger partial charge in [0.25, 0.3) is 0 Å². The van der Waals surface area contributed by atoms with Gasteiger partial charge in [0.1, 0.15) is 0 Å². The molecule has 1 fully saturated rings. The zero-order valence-corrected chi connectivity index (χ0v) is 14.1. The molecule has 1 aromatic rings. The highest BCUT2D eigenvalue weighted by molar-refractivity contribution is 5.81. The molecule has 0 unspecified atom stereocenters. The van der Waals surface area contributed by atoms with Gasteiger partial charge in [0.2, 0.25) is 5.91 Å². The van der Waals surface area contributed by atoms with Crippen molar-refractivity contribution < 1.29 is 4.79 Å². The second-order valence-electron chi connectivity index (χ2n) is 6.29. The zero-order chi connectivity index (χ0) is 15.9. The summed E-state index contributed by atoms with van der Waals surface area (Å²) in [5.74, 6) is 0.159. The maximum Gasteiger partial charge on any atom is 0.237 e. The molecule has 0 spiro atoms. The highest BCUT2D eigenvalue weighted by Gasteiger charge is 2.26. The Balaban J connectivity index is 1.77. The number of benzene rings is 1. The van der Waals surface area contributed by atoms with E-state index in [0.29, 0.717) is 6.04 Å². The standard InChI is InChI=1S/C18H29N3O/c1-4-11-19-18(22)15(3)21-12-9-17(10-13-21)20-16-7-5-14(2)6-8-16/h5-8,15,17,20H,4,9-13H2,1-3H3,(H,19,22)/t15-/m0/s1. The normalized spacial score (nSPS) is 18.0. The quantitative estimate of drug-likeness (QED) is 0.849. The van der Waals surface area contributed by atoms with Gasteiger partial charge in [-0.1, -0.05) is 24.6 Å². The lowest BCUT2D eigenvalue weighted by Crippen LogP contribution is -2.50. The first kappa shape index (κ1) is 16.8. The summed E-state index contributed by atoms with van der Waals surface area (Å²) in [4.78, 5) is 14.3. The molecule has 1 saturated heterocycles. The van der Waals surface area contributed by atoms with Crippen LogP contribution in [0.15, 0.2) is 24.3 Å². The number of likely N-dealkylation sites (tertiary alicyclic amines) is 1. The van der Waals surface area contributed by atoms with Crippen LogP contribution >= 0.6 is 0 Å². The van der Waals surface area contributed by atoms with E-state index in [4.69, 9.17) is 0 Å². The van der Waals surface area contributed by atoms with E-state index in [2.05, 4.69) is 53.6 Å². The molecule has 2 N–H and O–H groups in total. The summed E-state index contributed by atoms with van der Waals surface area (Å²) in [6.45, 7) is 8.92. The molecule has 1 heterocycles. The van der Waals surface area contributed by atoms with Crippen molar-refractivity contribution in [2.45, 2.75) is 52.1 Å². The molecule has 0 aromatic heterocycles. The van der Waals surface area contributed by atoms with Gasteiger partial charge in [0.05, 0.1) is 6.04 Å². The lowest BCUT2D eigenvalue weighted by Gasteiger charge is -2.36. The van der Waals surface area contributed by atoms with Crippen molar-refractivity contribution in [1.82, 2.24) is 10.2 Å². The number of amides is 1. The van der Waals surface area contributed by atoms with Crippen molar-refractivity contribution in [3.05, 3.63) is 29.8 Å². The fraction of sp³-hybridized carbons (Fsp3) is 0.611. The van der Waals surface area contributed by atoms with Crippen LogP contribution in [0.4, 0.5) is 5.69 Å². The number of piperidine rings is 1. The molecule has 1 atom stereocenters. The molecule has 4 nitrogen and oxygen atoms in total. The maximum absolute atomic E-state index is 12.0. The second-order valence-corrected chi connectivity index (χ2v) is 6.29. The Morgan fingerprint density at radius 1 is 1.27 bits per heavy atom. The molecular formula is C18H29N3O. The predicted molar refractivity (Wildman–Crippen MR) is 92.2 cm³/mol. The van der Waals surface area contributed by atoms with Gasteiger partial charge in [-0.3, -0.25) is 9.69 Å². The third-order valence-corrected chi connectivity index (χ3v) is 4.43. The number of aryl methyl sites for hydroxylation is 1.